The molecule has 0 amide bonds. The van der Waals surface area contributed by atoms with Gasteiger partial charge in [0.15, 0.2) is 5.79 Å². The molecule has 0 saturated heterocycles. The van der Waals surface area contributed by atoms with E-state index in [4.69, 9.17) is 4.74 Å². The summed E-state index contributed by atoms with van der Waals surface area (Å²) >= 11 is 0. The molecule has 0 heterocycles. The van der Waals surface area contributed by atoms with Crippen molar-refractivity contribution >= 4 is 10.1 Å². The van der Waals surface area contributed by atoms with Crippen LogP contribution >= 0.6 is 0 Å². The van der Waals surface area contributed by atoms with Crippen LogP contribution in [0.1, 0.15) is 27.2 Å². The molecule has 0 aromatic heterocycles. The van der Waals surface area contributed by atoms with E-state index in [9.17, 15) is 13.5 Å². The highest BCUT2D eigenvalue weighted by Gasteiger charge is 2.14. The molecule has 1 unspecified atom stereocenters. The molecular weight excluding hydrogens is 220 g/mol. The van der Waals surface area contributed by atoms with Gasteiger partial charge >= 0.3 is 0 Å². The molecule has 0 spiro atoms. The van der Waals surface area contributed by atoms with Gasteiger partial charge < -0.3 is 9.84 Å². The molecule has 0 aliphatic carbocycles. The Morgan fingerprint density at radius 2 is 1.93 bits per heavy atom. The van der Waals surface area contributed by atoms with E-state index in [2.05, 4.69) is 4.18 Å². The molecule has 0 aromatic rings. The lowest BCUT2D eigenvalue weighted by molar-refractivity contribution is -0.183. The van der Waals surface area contributed by atoms with E-state index in [-0.39, 0.29) is 12.5 Å². The van der Waals surface area contributed by atoms with Crippen molar-refractivity contribution in [2.45, 2.75) is 33.0 Å². The van der Waals surface area contributed by atoms with Crippen LogP contribution < -0.4 is 0 Å². The zero-order valence-corrected chi connectivity index (χ0v) is 10.5. The standard InChI is InChI=1S/C9H20O5S/c1-8(7-13-9(2,3)10)5-6-14-15(4,11)12/h8,10H,5-7H2,1-4H3. The third kappa shape index (κ3) is 11.8. The first-order chi connectivity index (χ1) is 6.60. The minimum atomic E-state index is -3.35. The minimum absolute atomic E-state index is 0.137. The summed E-state index contributed by atoms with van der Waals surface area (Å²) in [5.74, 6) is -1.01. The van der Waals surface area contributed by atoms with E-state index < -0.39 is 15.9 Å². The van der Waals surface area contributed by atoms with Gasteiger partial charge in [-0.1, -0.05) is 6.92 Å². The summed E-state index contributed by atoms with van der Waals surface area (Å²) < 4.78 is 31.0. The molecule has 0 bridgehead atoms. The van der Waals surface area contributed by atoms with Crippen LogP contribution in [0, 0.1) is 5.92 Å². The van der Waals surface area contributed by atoms with Crippen LogP contribution in [0.4, 0.5) is 0 Å². The van der Waals surface area contributed by atoms with Crippen molar-refractivity contribution in [3.8, 4) is 0 Å². The maximum atomic E-state index is 10.6. The van der Waals surface area contributed by atoms with E-state index in [0.717, 1.165) is 6.26 Å². The molecule has 15 heavy (non-hydrogen) atoms. The number of hydrogen-bond acceptors (Lipinski definition) is 5. The summed E-state index contributed by atoms with van der Waals surface area (Å²) in [5.41, 5.74) is 0. The monoisotopic (exact) mass is 240 g/mol. The predicted molar refractivity (Wildman–Crippen MR) is 56.8 cm³/mol. The smallest absolute Gasteiger partial charge is 0.264 e. The Kier molecular flexibility index (Phi) is 5.72. The molecule has 0 aliphatic heterocycles. The second-order valence-electron chi connectivity index (χ2n) is 4.18. The number of hydrogen-bond donors (Lipinski definition) is 1. The third-order valence-corrected chi connectivity index (χ3v) is 2.22. The summed E-state index contributed by atoms with van der Waals surface area (Å²) in [5, 5.41) is 9.27. The Balaban J connectivity index is 3.63. The Bertz CT molecular complexity index is 265. The van der Waals surface area contributed by atoms with Gasteiger partial charge in [0.25, 0.3) is 10.1 Å². The van der Waals surface area contributed by atoms with E-state index in [1.807, 2.05) is 6.92 Å². The number of rotatable bonds is 7. The van der Waals surface area contributed by atoms with Gasteiger partial charge in [-0.05, 0) is 26.2 Å². The zero-order chi connectivity index (χ0) is 12.1. The summed E-state index contributed by atoms with van der Waals surface area (Å²) in [6.07, 6.45) is 1.59. The van der Waals surface area contributed by atoms with Gasteiger partial charge in [-0.2, -0.15) is 8.42 Å². The molecule has 92 valence electrons. The predicted octanol–water partition coefficient (Wildman–Crippen LogP) is 0.734. The number of ether oxygens (including phenoxy) is 1. The molecule has 6 heteroatoms. The maximum Gasteiger partial charge on any atom is 0.264 e. The van der Waals surface area contributed by atoms with Crippen LogP contribution in [-0.4, -0.2) is 38.8 Å². The molecular formula is C9H20O5S. The topological polar surface area (TPSA) is 72.8 Å². The van der Waals surface area contributed by atoms with Crippen molar-refractivity contribution in [3.63, 3.8) is 0 Å². The van der Waals surface area contributed by atoms with Crippen molar-refractivity contribution < 1.29 is 22.4 Å². The molecule has 0 aliphatic rings. The lowest BCUT2D eigenvalue weighted by Crippen LogP contribution is -2.26. The van der Waals surface area contributed by atoms with Crippen molar-refractivity contribution in [2.75, 3.05) is 19.5 Å². The molecule has 1 atom stereocenters. The van der Waals surface area contributed by atoms with Crippen LogP contribution in [0.25, 0.3) is 0 Å². The van der Waals surface area contributed by atoms with Crippen LogP contribution in [0.2, 0.25) is 0 Å². The Morgan fingerprint density at radius 1 is 1.40 bits per heavy atom. The largest absolute Gasteiger partial charge is 0.366 e. The molecule has 0 rings (SSSR count). The van der Waals surface area contributed by atoms with E-state index in [0.29, 0.717) is 13.0 Å². The first kappa shape index (κ1) is 14.8. The van der Waals surface area contributed by atoms with Gasteiger partial charge in [-0.15, -0.1) is 0 Å². The van der Waals surface area contributed by atoms with E-state index >= 15 is 0 Å². The Labute approximate surface area is 91.5 Å². The summed E-state index contributed by atoms with van der Waals surface area (Å²) in [4.78, 5) is 0. The molecule has 0 fully saturated rings. The molecule has 5 nitrogen and oxygen atoms in total. The fourth-order valence-corrected chi connectivity index (χ4v) is 1.23. The average molecular weight is 240 g/mol. The van der Waals surface area contributed by atoms with Gasteiger partial charge in [-0.3, -0.25) is 4.18 Å². The SMILES string of the molecule is CC(CCOS(C)(=O)=O)COC(C)(C)O. The van der Waals surface area contributed by atoms with Crippen molar-refractivity contribution in [1.29, 1.82) is 0 Å². The second-order valence-corrected chi connectivity index (χ2v) is 5.82. The Morgan fingerprint density at radius 3 is 2.33 bits per heavy atom. The van der Waals surface area contributed by atoms with E-state index in [1.165, 1.54) is 0 Å². The van der Waals surface area contributed by atoms with Crippen molar-refractivity contribution in [2.24, 2.45) is 5.92 Å². The highest BCUT2D eigenvalue weighted by Crippen LogP contribution is 2.09. The summed E-state index contributed by atoms with van der Waals surface area (Å²) in [7, 11) is -3.35. The second kappa shape index (κ2) is 5.79. The third-order valence-electron chi connectivity index (χ3n) is 1.63. The normalized spacial score (nSPS) is 15.3. The van der Waals surface area contributed by atoms with Gasteiger partial charge in [0, 0.05) is 0 Å². The van der Waals surface area contributed by atoms with E-state index in [1.54, 1.807) is 13.8 Å². The zero-order valence-electron chi connectivity index (χ0n) is 9.69. The average Bonchev–Trinajstić information content (AvgIpc) is 1.97. The number of aliphatic hydroxyl groups is 1. The summed E-state index contributed by atoms with van der Waals surface area (Å²) in [6.45, 7) is 5.52. The first-order valence-corrected chi connectivity index (χ1v) is 6.62. The lowest BCUT2D eigenvalue weighted by Gasteiger charge is -2.21. The first-order valence-electron chi connectivity index (χ1n) is 4.81. The van der Waals surface area contributed by atoms with Gasteiger partial charge in [0.1, 0.15) is 0 Å². The highest BCUT2D eigenvalue weighted by molar-refractivity contribution is 7.85. The molecule has 0 radical (unpaired) electrons. The quantitative estimate of drug-likeness (QED) is 0.524. The van der Waals surface area contributed by atoms with Crippen molar-refractivity contribution in [1.82, 2.24) is 0 Å². The summed E-state index contributed by atoms with van der Waals surface area (Å²) in [6, 6.07) is 0. The van der Waals surface area contributed by atoms with Crippen molar-refractivity contribution in [3.05, 3.63) is 0 Å². The minimum Gasteiger partial charge on any atom is -0.366 e. The van der Waals surface area contributed by atoms with Gasteiger partial charge in [0.2, 0.25) is 0 Å². The maximum absolute atomic E-state index is 10.6. The molecule has 0 saturated carbocycles. The lowest BCUT2D eigenvalue weighted by atomic mass is 10.1. The molecule has 1 N–H and O–H groups in total. The fourth-order valence-electron chi connectivity index (χ4n) is 0.830. The fraction of sp³-hybridized carbons (Fsp3) is 1.00. The van der Waals surface area contributed by atoms with Crippen LogP contribution in [0.3, 0.4) is 0 Å². The van der Waals surface area contributed by atoms with Crippen LogP contribution in [0.5, 0.6) is 0 Å². The van der Waals surface area contributed by atoms with Crippen LogP contribution in [-0.2, 0) is 19.0 Å². The molecule has 0 aromatic carbocycles. The van der Waals surface area contributed by atoms with Crippen LogP contribution in [0.15, 0.2) is 0 Å². The van der Waals surface area contributed by atoms with Gasteiger partial charge in [-0.25, -0.2) is 0 Å². The van der Waals surface area contributed by atoms with Gasteiger partial charge in [0.05, 0.1) is 19.5 Å². The highest BCUT2D eigenvalue weighted by atomic mass is 32.2. The Hall–Kier alpha value is -0.170.